The molecule has 0 saturated carbocycles. The summed E-state index contributed by atoms with van der Waals surface area (Å²) in [5.41, 5.74) is 0. The highest BCUT2D eigenvalue weighted by Crippen LogP contribution is 1.77. The van der Waals surface area contributed by atoms with Crippen molar-refractivity contribution in [2.45, 2.75) is 19.9 Å². The van der Waals surface area contributed by atoms with Crippen LogP contribution in [0.25, 0.3) is 0 Å². The van der Waals surface area contributed by atoms with E-state index < -0.39 is 0 Å². The van der Waals surface area contributed by atoms with E-state index in [1.54, 1.807) is 0 Å². The summed E-state index contributed by atoms with van der Waals surface area (Å²) in [6, 6.07) is 0.546. The molecule has 0 fully saturated rings. The summed E-state index contributed by atoms with van der Waals surface area (Å²) in [5.74, 6) is 0.716. The fourth-order valence-corrected chi connectivity index (χ4v) is 0.903. The van der Waals surface area contributed by atoms with E-state index in [0.717, 1.165) is 26.3 Å². The molecule has 12 heavy (non-hydrogen) atoms. The van der Waals surface area contributed by atoms with E-state index in [4.69, 9.17) is 4.74 Å². The highest BCUT2D eigenvalue weighted by atomic mass is 32.1. The molecule has 0 unspecified atom stereocenters. The molecule has 0 radical (unpaired) electrons. The lowest BCUT2D eigenvalue weighted by Crippen LogP contribution is -2.27. The lowest BCUT2D eigenvalue weighted by atomic mass is 10.4. The van der Waals surface area contributed by atoms with E-state index in [-0.39, 0.29) is 0 Å². The van der Waals surface area contributed by atoms with Gasteiger partial charge >= 0.3 is 0 Å². The predicted molar refractivity (Wildman–Crippen MR) is 55.8 cm³/mol. The van der Waals surface area contributed by atoms with Crippen LogP contribution >= 0.6 is 12.6 Å². The smallest absolute Gasteiger partial charge is 0.0591 e. The molecule has 0 aromatic heterocycles. The van der Waals surface area contributed by atoms with Crippen molar-refractivity contribution in [3.63, 3.8) is 0 Å². The fraction of sp³-hybridized carbons (Fsp3) is 1.00. The van der Waals surface area contributed by atoms with Gasteiger partial charge in [0.15, 0.2) is 0 Å². The van der Waals surface area contributed by atoms with E-state index in [2.05, 4.69) is 37.1 Å². The Labute approximate surface area is 80.7 Å². The van der Waals surface area contributed by atoms with Gasteiger partial charge in [0.1, 0.15) is 0 Å². The second-order valence-corrected chi connectivity index (χ2v) is 3.20. The third kappa shape index (κ3) is 10.2. The quantitative estimate of drug-likeness (QED) is 0.297. The van der Waals surface area contributed by atoms with Crippen LogP contribution in [0.5, 0.6) is 0 Å². The monoisotopic (exact) mass is 192 g/mol. The summed E-state index contributed by atoms with van der Waals surface area (Å²) in [6.07, 6.45) is 0. The minimum Gasteiger partial charge on any atom is -0.379 e. The maximum Gasteiger partial charge on any atom is 0.0591 e. The van der Waals surface area contributed by atoms with Crippen LogP contribution in [0.4, 0.5) is 0 Å². The Bertz CT molecular complexity index is 91.1. The zero-order valence-electron chi connectivity index (χ0n) is 7.97. The zero-order valence-corrected chi connectivity index (χ0v) is 8.86. The molecule has 0 aliphatic heterocycles. The molecule has 0 saturated heterocycles. The van der Waals surface area contributed by atoms with Crippen molar-refractivity contribution in [3.05, 3.63) is 0 Å². The Morgan fingerprint density at radius 3 is 2.50 bits per heavy atom. The van der Waals surface area contributed by atoms with Crippen LogP contribution < -0.4 is 10.6 Å². The molecule has 3 nitrogen and oxygen atoms in total. The van der Waals surface area contributed by atoms with Crippen LogP contribution in [0, 0.1) is 0 Å². The fourth-order valence-electron chi connectivity index (χ4n) is 0.745. The second-order valence-electron chi connectivity index (χ2n) is 2.88. The van der Waals surface area contributed by atoms with Gasteiger partial charge < -0.3 is 15.4 Å². The molecular formula is C8H20N2OS. The molecule has 0 aliphatic rings. The first-order chi connectivity index (χ1) is 5.77. The van der Waals surface area contributed by atoms with Gasteiger partial charge in [-0.05, 0) is 0 Å². The molecule has 0 heterocycles. The average Bonchev–Trinajstić information content (AvgIpc) is 2.02. The number of hydrogen-bond donors (Lipinski definition) is 3. The normalized spacial score (nSPS) is 11.0. The summed E-state index contributed by atoms with van der Waals surface area (Å²) < 4.78 is 5.33. The summed E-state index contributed by atoms with van der Waals surface area (Å²) >= 11 is 4.01. The van der Waals surface area contributed by atoms with Gasteiger partial charge in [0.2, 0.25) is 0 Å². The lowest BCUT2D eigenvalue weighted by Gasteiger charge is -2.08. The Kier molecular flexibility index (Phi) is 9.50. The molecule has 0 atom stereocenters. The van der Waals surface area contributed by atoms with Crippen molar-refractivity contribution in [2.75, 3.05) is 32.2 Å². The maximum absolute atomic E-state index is 5.33. The standard InChI is InChI=1S/C8H20N2OS/c1-8(2)10-4-6-11-5-3-9-7-12/h8-10,12H,3-7H2,1-2H3. The molecule has 0 aromatic carbocycles. The topological polar surface area (TPSA) is 33.3 Å². The van der Waals surface area contributed by atoms with Crippen molar-refractivity contribution >= 4 is 12.6 Å². The van der Waals surface area contributed by atoms with Crippen molar-refractivity contribution in [1.29, 1.82) is 0 Å². The van der Waals surface area contributed by atoms with Crippen molar-refractivity contribution in [2.24, 2.45) is 0 Å². The number of rotatable bonds is 8. The number of hydrogen-bond acceptors (Lipinski definition) is 4. The second kappa shape index (κ2) is 9.32. The van der Waals surface area contributed by atoms with Crippen LogP contribution in [0.15, 0.2) is 0 Å². The molecule has 0 bridgehead atoms. The van der Waals surface area contributed by atoms with Gasteiger partial charge in [-0.2, -0.15) is 12.6 Å². The Morgan fingerprint density at radius 1 is 1.25 bits per heavy atom. The lowest BCUT2D eigenvalue weighted by molar-refractivity contribution is 0.137. The summed E-state index contributed by atoms with van der Waals surface area (Å²) in [4.78, 5) is 0. The first-order valence-electron chi connectivity index (χ1n) is 4.40. The highest BCUT2D eigenvalue weighted by molar-refractivity contribution is 7.80. The molecule has 0 amide bonds. The predicted octanol–water partition coefficient (Wildman–Crippen LogP) is 0.478. The maximum atomic E-state index is 5.33. The minimum absolute atomic E-state index is 0.546. The SMILES string of the molecule is CC(C)NCCOCCNCS. The molecule has 0 rings (SSSR count). The first-order valence-corrected chi connectivity index (χ1v) is 5.03. The minimum atomic E-state index is 0.546. The first kappa shape index (κ1) is 12.2. The van der Waals surface area contributed by atoms with Gasteiger partial charge in [-0.25, -0.2) is 0 Å². The third-order valence-corrected chi connectivity index (χ3v) is 1.56. The number of thiol groups is 1. The van der Waals surface area contributed by atoms with Gasteiger partial charge in [0, 0.05) is 25.0 Å². The van der Waals surface area contributed by atoms with E-state index in [0.29, 0.717) is 11.9 Å². The highest BCUT2D eigenvalue weighted by Gasteiger charge is 1.91. The summed E-state index contributed by atoms with van der Waals surface area (Å²) in [6.45, 7) is 7.61. The van der Waals surface area contributed by atoms with E-state index in [1.165, 1.54) is 0 Å². The van der Waals surface area contributed by atoms with E-state index >= 15 is 0 Å². The van der Waals surface area contributed by atoms with E-state index in [9.17, 15) is 0 Å². The van der Waals surface area contributed by atoms with E-state index in [1.807, 2.05) is 0 Å². The largest absolute Gasteiger partial charge is 0.379 e. The van der Waals surface area contributed by atoms with Crippen molar-refractivity contribution in [1.82, 2.24) is 10.6 Å². The third-order valence-electron chi connectivity index (χ3n) is 1.33. The van der Waals surface area contributed by atoms with Gasteiger partial charge in [-0.15, -0.1) is 0 Å². The molecule has 0 spiro atoms. The Balaban J connectivity index is 2.82. The van der Waals surface area contributed by atoms with Crippen LogP contribution in [0.2, 0.25) is 0 Å². The molecule has 74 valence electrons. The summed E-state index contributed by atoms with van der Waals surface area (Å²) in [5, 5.41) is 6.34. The molecule has 4 heteroatoms. The van der Waals surface area contributed by atoms with Crippen LogP contribution in [-0.2, 0) is 4.74 Å². The Hall–Kier alpha value is 0.230. The molecule has 0 aliphatic carbocycles. The van der Waals surface area contributed by atoms with Gasteiger partial charge in [0.05, 0.1) is 13.2 Å². The van der Waals surface area contributed by atoms with Crippen molar-refractivity contribution in [3.8, 4) is 0 Å². The van der Waals surface area contributed by atoms with Crippen LogP contribution in [0.1, 0.15) is 13.8 Å². The Morgan fingerprint density at radius 2 is 1.92 bits per heavy atom. The molecule has 0 aromatic rings. The van der Waals surface area contributed by atoms with Crippen LogP contribution in [-0.4, -0.2) is 38.2 Å². The van der Waals surface area contributed by atoms with Crippen LogP contribution in [0.3, 0.4) is 0 Å². The molecular weight excluding hydrogens is 172 g/mol. The van der Waals surface area contributed by atoms with Gasteiger partial charge in [-0.3, -0.25) is 0 Å². The van der Waals surface area contributed by atoms with Gasteiger partial charge in [-0.1, -0.05) is 13.8 Å². The number of nitrogens with one attached hydrogen (secondary N) is 2. The average molecular weight is 192 g/mol. The summed E-state index contributed by atoms with van der Waals surface area (Å²) in [7, 11) is 0. The number of ether oxygens (including phenoxy) is 1. The van der Waals surface area contributed by atoms with Gasteiger partial charge in [0.25, 0.3) is 0 Å². The zero-order chi connectivity index (χ0) is 9.23. The van der Waals surface area contributed by atoms with Crippen molar-refractivity contribution < 1.29 is 4.74 Å². The molecule has 2 N–H and O–H groups in total.